The standard InChI is InChI=1S/C30H34O5/c1-30(2,22-13-15-25(16-14-22)35-18-17-34-24-11-7-4-8-12-24)23-19-26(21-9-5-3-6-10-21)28(31)27(20-23)29(32)33/h4,7-8,11-16,19-21,31H,3,5-6,9-10,17-18H2,1-2H3,(H,32,33). The van der Waals surface area contributed by atoms with Gasteiger partial charge >= 0.3 is 5.97 Å². The Morgan fingerprint density at radius 3 is 2.06 bits per heavy atom. The topological polar surface area (TPSA) is 76.0 Å². The third kappa shape index (κ3) is 5.79. The highest BCUT2D eigenvalue weighted by atomic mass is 16.5. The van der Waals surface area contributed by atoms with Crippen LogP contribution in [0.1, 0.15) is 78.9 Å². The molecule has 0 atom stereocenters. The summed E-state index contributed by atoms with van der Waals surface area (Å²) in [5.74, 6) is 0.590. The molecule has 0 spiro atoms. The first kappa shape index (κ1) is 24.6. The van der Waals surface area contributed by atoms with Gasteiger partial charge in [-0.2, -0.15) is 0 Å². The minimum Gasteiger partial charge on any atom is -0.507 e. The molecule has 184 valence electrons. The second-order valence-electron chi connectivity index (χ2n) is 9.76. The van der Waals surface area contributed by atoms with Gasteiger partial charge in [-0.05, 0) is 65.8 Å². The van der Waals surface area contributed by atoms with Gasteiger partial charge in [0.05, 0.1) is 0 Å². The fraction of sp³-hybridized carbons (Fsp3) is 0.367. The van der Waals surface area contributed by atoms with Crippen LogP contribution in [0, 0.1) is 0 Å². The average molecular weight is 475 g/mol. The van der Waals surface area contributed by atoms with Gasteiger partial charge in [-0.15, -0.1) is 0 Å². The normalized spacial score (nSPS) is 14.5. The summed E-state index contributed by atoms with van der Waals surface area (Å²) < 4.78 is 11.5. The maximum Gasteiger partial charge on any atom is 0.339 e. The Balaban J connectivity index is 1.50. The lowest BCUT2D eigenvalue weighted by Crippen LogP contribution is -2.21. The van der Waals surface area contributed by atoms with Crippen LogP contribution < -0.4 is 9.47 Å². The molecular formula is C30H34O5. The molecule has 0 saturated heterocycles. The van der Waals surface area contributed by atoms with E-state index < -0.39 is 11.4 Å². The number of carboxylic acid groups (broad SMARTS) is 1. The van der Waals surface area contributed by atoms with Crippen LogP contribution >= 0.6 is 0 Å². The summed E-state index contributed by atoms with van der Waals surface area (Å²) in [6.07, 6.45) is 5.38. The summed E-state index contributed by atoms with van der Waals surface area (Å²) in [5.41, 5.74) is 2.23. The van der Waals surface area contributed by atoms with Crippen LogP contribution in [0.4, 0.5) is 0 Å². The van der Waals surface area contributed by atoms with E-state index in [9.17, 15) is 15.0 Å². The lowest BCUT2D eigenvalue weighted by molar-refractivity contribution is 0.0693. The van der Waals surface area contributed by atoms with Crippen LogP contribution in [0.3, 0.4) is 0 Å². The maximum absolute atomic E-state index is 11.9. The number of hydrogen-bond acceptors (Lipinski definition) is 4. The van der Waals surface area contributed by atoms with Gasteiger partial charge in [-0.3, -0.25) is 0 Å². The van der Waals surface area contributed by atoms with E-state index in [-0.39, 0.29) is 17.2 Å². The van der Waals surface area contributed by atoms with E-state index in [1.54, 1.807) is 6.07 Å². The zero-order valence-electron chi connectivity index (χ0n) is 20.5. The SMILES string of the molecule is CC(C)(c1ccc(OCCOc2ccccc2)cc1)c1cc(C(=O)O)c(O)c(C2CCCCC2)c1. The lowest BCUT2D eigenvalue weighted by Gasteiger charge is -2.30. The second-order valence-corrected chi connectivity index (χ2v) is 9.76. The molecule has 1 aliphatic carbocycles. The number of rotatable bonds is 9. The van der Waals surface area contributed by atoms with Crippen LogP contribution in [0.2, 0.25) is 0 Å². The average Bonchev–Trinajstić information content (AvgIpc) is 2.88. The highest BCUT2D eigenvalue weighted by molar-refractivity contribution is 5.91. The monoisotopic (exact) mass is 474 g/mol. The van der Waals surface area contributed by atoms with E-state index in [0.717, 1.165) is 53.9 Å². The van der Waals surface area contributed by atoms with Crippen LogP contribution in [0.25, 0.3) is 0 Å². The number of phenols is 1. The van der Waals surface area contributed by atoms with Crippen molar-refractivity contribution in [3.63, 3.8) is 0 Å². The lowest BCUT2D eigenvalue weighted by atomic mass is 9.74. The van der Waals surface area contributed by atoms with Crippen molar-refractivity contribution in [3.8, 4) is 17.2 Å². The van der Waals surface area contributed by atoms with Gasteiger partial charge in [0.1, 0.15) is 36.0 Å². The minimum atomic E-state index is -1.10. The predicted molar refractivity (Wildman–Crippen MR) is 137 cm³/mol. The van der Waals surface area contributed by atoms with Crippen LogP contribution in [-0.4, -0.2) is 29.4 Å². The van der Waals surface area contributed by atoms with Gasteiger partial charge in [-0.1, -0.05) is 69.5 Å². The van der Waals surface area contributed by atoms with Crippen molar-refractivity contribution < 1.29 is 24.5 Å². The van der Waals surface area contributed by atoms with Crippen molar-refractivity contribution in [2.24, 2.45) is 0 Å². The molecule has 1 aliphatic rings. The van der Waals surface area contributed by atoms with E-state index in [1.807, 2.05) is 60.7 Å². The Hall–Kier alpha value is -3.47. The minimum absolute atomic E-state index is 0.0190. The second kappa shape index (κ2) is 10.9. The van der Waals surface area contributed by atoms with E-state index in [0.29, 0.717) is 13.2 Å². The first-order chi connectivity index (χ1) is 16.9. The molecule has 0 bridgehead atoms. The molecule has 0 aliphatic heterocycles. The molecule has 0 amide bonds. The van der Waals surface area contributed by atoms with Crippen molar-refractivity contribution in [2.45, 2.75) is 57.3 Å². The molecule has 1 saturated carbocycles. The van der Waals surface area contributed by atoms with Gasteiger partial charge < -0.3 is 19.7 Å². The smallest absolute Gasteiger partial charge is 0.339 e. The quantitative estimate of drug-likeness (QED) is 0.329. The molecule has 2 N–H and O–H groups in total. The molecule has 0 radical (unpaired) electrons. The highest BCUT2D eigenvalue weighted by Gasteiger charge is 2.29. The maximum atomic E-state index is 11.9. The summed E-state index contributed by atoms with van der Waals surface area (Å²) in [5, 5.41) is 20.6. The van der Waals surface area contributed by atoms with Crippen LogP contribution in [-0.2, 0) is 5.41 Å². The van der Waals surface area contributed by atoms with Crippen molar-refractivity contribution in [2.75, 3.05) is 13.2 Å². The summed E-state index contributed by atoms with van der Waals surface area (Å²) in [4.78, 5) is 11.9. The summed E-state index contributed by atoms with van der Waals surface area (Å²) >= 11 is 0. The number of benzene rings is 3. The zero-order chi connectivity index (χ0) is 24.8. The molecular weight excluding hydrogens is 440 g/mol. The fourth-order valence-electron chi connectivity index (χ4n) is 4.88. The molecule has 5 heteroatoms. The Labute approximate surface area is 207 Å². The molecule has 35 heavy (non-hydrogen) atoms. The molecule has 4 rings (SSSR count). The van der Waals surface area contributed by atoms with Gasteiger partial charge in [0.25, 0.3) is 0 Å². The van der Waals surface area contributed by atoms with Crippen molar-refractivity contribution >= 4 is 5.97 Å². The predicted octanol–water partition coefficient (Wildman–Crippen LogP) is 6.92. The number of aromatic hydroxyl groups is 1. The Kier molecular flexibility index (Phi) is 7.64. The first-order valence-electron chi connectivity index (χ1n) is 12.4. The van der Waals surface area contributed by atoms with E-state index >= 15 is 0 Å². The van der Waals surface area contributed by atoms with Gasteiger partial charge in [0.2, 0.25) is 0 Å². The summed E-state index contributed by atoms with van der Waals surface area (Å²) in [7, 11) is 0. The molecule has 5 nitrogen and oxygen atoms in total. The number of carboxylic acids is 1. The Morgan fingerprint density at radius 2 is 1.46 bits per heavy atom. The van der Waals surface area contributed by atoms with Crippen molar-refractivity contribution in [3.05, 3.63) is 89.0 Å². The van der Waals surface area contributed by atoms with Gasteiger partial charge in [-0.25, -0.2) is 4.79 Å². The van der Waals surface area contributed by atoms with Crippen molar-refractivity contribution in [1.29, 1.82) is 0 Å². The number of aromatic carboxylic acids is 1. The number of ether oxygens (including phenoxy) is 2. The summed E-state index contributed by atoms with van der Waals surface area (Å²) in [6, 6.07) is 21.2. The molecule has 3 aromatic carbocycles. The van der Waals surface area contributed by atoms with Gasteiger partial charge in [0.15, 0.2) is 0 Å². The highest BCUT2D eigenvalue weighted by Crippen LogP contribution is 2.42. The van der Waals surface area contributed by atoms with Crippen LogP contribution in [0.15, 0.2) is 66.7 Å². The van der Waals surface area contributed by atoms with Gasteiger partial charge in [0, 0.05) is 5.41 Å². The summed E-state index contributed by atoms with van der Waals surface area (Å²) in [6.45, 7) is 5.05. The number of hydrogen-bond donors (Lipinski definition) is 2. The zero-order valence-corrected chi connectivity index (χ0v) is 20.5. The van der Waals surface area contributed by atoms with Crippen molar-refractivity contribution in [1.82, 2.24) is 0 Å². The van der Waals surface area contributed by atoms with E-state index in [1.165, 1.54) is 6.42 Å². The number of carbonyl (C=O) groups is 1. The first-order valence-corrected chi connectivity index (χ1v) is 12.4. The van der Waals surface area contributed by atoms with Crippen LogP contribution in [0.5, 0.6) is 17.2 Å². The van der Waals surface area contributed by atoms with E-state index in [2.05, 4.69) is 13.8 Å². The largest absolute Gasteiger partial charge is 0.507 e. The third-order valence-electron chi connectivity index (χ3n) is 7.08. The fourth-order valence-corrected chi connectivity index (χ4v) is 4.88. The molecule has 0 unspecified atom stereocenters. The molecule has 0 aromatic heterocycles. The molecule has 3 aromatic rings. The van der Waals surface area contributed by atoms with E-state index in [4.69, 9.17) is 9.47 Å². The molecule has 0 heterocycles. The molecule has 1 fully saturated rings. The Morgan fingerprint density at radius 1 is 0.857 bits per heavy atom. The number of para-hydroxylation sites is 1. The third-order valence-corrected chi connectivity index (χ3v) is 7.08. The Bertz CT molecular complexity index is 1130.